The van der Waals surface area contributed by atoms with Gasteiger partial charge in [-0.25, -0.2) is 4.79 Å². The van der Waals surface area contributed by atoms with Crippen LogP contribution in [-0.4, -0.2) is 5.91 Å². The van der Waals surface area contributed by atoms with Crippen LogP contribution in [0.3, 0.4) is 0 Å². The van der Waals surface area contributed by atoms with Gasteiger partial charge in [0.25, 0.3) is 5.91 Å². The zero-order valence-electron chi connectivity index (χ0n) is 14.4. The third kappa shape index (κ3) is 3.79. The number of amides is 1. The average molecular weight is 410 g/mol. The van der Waals surface area contributed by atoms with E-state index in [0.29, 0.717) is 38.0 Å². The van der Waals surface area contributed by atoms with Gasteiger partial charge in [-0.1, -0.05) is 53.5 Å². The van der Waals surface area contributed by atoms with Gasteiger partial charge in [0.05, 0.1) is 5.56 Å². The highest BCUT2D eigenvalue weighted by Gasteiger charge is 2.11. The minimum atomic E-state index is -0.426. The van der Waals surface area contributed by atoms with Crippen LogP contribution in [0.1, 0.15) is 10.4 Å². The predicted octanol–water partition coefficient (Wildman–Crippen LogP) is 6.02. The van der Waals surface area contributed by atoms with E-state index < -0.39 is 5.63 Å². The van der Waals surface area contributed by atoms with Gasteiger partial charge in [0.1, 0.15) is 5.58 Å². The third-order valence-electron chi connectivity index (χ3n) is 4.22. The molecule has 0 saturated carbocycles. The Morgan fingerprint density at radius 3 is 2.25 bits per heavy atom. The van der Waals surface area contributed by atoms with E-state index in [1.807, 2.05) is 18.2 Å². The minimum Gasteiger partial charge on any atom is -0.422 e. The second kappa shape index (κ2) is 7.50. The highest BCUT2D eigenvalue weighted by atomic mass is 35.5. The molecule has 0 unspecified atom stereocenters. The zero-order chi connectivity index (χ0) is 19.7. The summed E-state index contributed by atoms with van der Waals surface area (Å²) in [5, 5.41) is 4.44. The Kier molecular flexibility index (Phi) is 4.90. The van der Waals surface area contributed by atoms with E-state index in [1.54, 1.807) is 54.6 Å². The van der Waals surface area contributed by atoms with Gasteiger partial charge in [0.15, 0.2) is 0 Å². The summed E-state index contributed by atoms with van der Waals surface area (Å²) in [6.07, 6.45) is 0. The average Bonchev–Trinajstić information content (AvgIpc) is 2.67. The van der Waals surface area contributed by atoms with Gasteiger partial charge in [-0.3, -0.25) is 4.79 Å². The van der Waals surface area contributed by atoms with Crippen LogP contribution in [0.4, 0.5) is 5.69 Å². The van der Waals surface area contributed by atoms with Crippen LogP contribution < -0.4 is 10.9 Å². The molecule has 0 saturated heterocycles. The summed E-state index contributed by atoms with van der Waals surface area (Å²) in [5.74, 6) is -0.310. The van der Waals surface area contributed by atoms with Crippen molar-refractivity contribution in [3.8, 4) is 11.1 Å². The number of hydrogen-bond donors (Lipinski definition) is 1. The number of benzene rings is 3. The van der Waals surface area contributed by atoms with Crippen molar-refractivity contribution >= 4 is 45.8 Å². The molecular formula is C22H13Cl2NO3. The number of carbonyl (C=O) groups excluding carboxylic acids is 1. The number of hydrogen-bond acceptors (Lipinski definition) is 3. The molecule has 138 valence electrons. The Balaban J connectivity index is 1.61. The van der Waals surface area contributed by atoms with Crippen molar-refractivity contribution in [2.24, 2.45) is 0 Å². The second-order valence-electron chi connectivity index (χ2n) is 6.17. The molecule has 0 atom stereocenters. The Bertz CT molecular complexity index is 1230. The molecule has 3 aromatic carbocycles. The van der Waals surface area contributed by atoms with E-state index in [0.717, 1.165) is 5.39 Å². The Morgan fingerprint density at radius 2 is 1.54 bits per heavy atom. The molecule has 4 aromatic rings. The van der Waals surface area contributed by atoms with Crippen LogP contribution in [0.25, 0.3) is 22.1 Å². The van der Waals surface area contributed by atoms with Gasteiger partial charge in [-0.2, -0.15) is 0 Å². The molecule has 4 rings (SSSR count). The number of halogens is 2. The first-order valence-corrected chi connectivity index (χ1v) is 9.16. The summed E-state index contributed by atoms with van der Waals surface area (Å²) in [7, 11) is 0. The molecule has 6 heteroatoms. The molecule has 0 spiro atoms. The maximum absolute atomic E-state index is 12.4. The monoisotopic (exact) mass is 409 g/mol. The van der Waals surface area contributed by atoms with Crippen LogP contribution in [0, 0.1) is 0 Å². The first-order valence-electron chi connectivity index (χ1n) is 8.40. The van der Waals surface area contributed by atoms with Gasteiger partial charge in [0.2, 0.25) is 0 Å². The molecular weight excluding hydrogens is 397 g/mol. The first-order chi connectivity index (χ1) is 13.5. The zero-order valence-corrected chi connectivity index (χ0v) is 15.9. The highest BCUT2D eigenvalue weighted by Crippen LogP contribution is 2.24. The normalized spacial score (nSPS) is 10.8. The van der Waals surface area contributed by atoms with Crippen molar-refractivity contribution in [3.05, 3.63) is 98.8 Å². The van der Waals surface area contributed by atoms with Crippen molar-refractivity contribution in [1.29, 1.82) is 0 Å². The second-order valence-corrected chi connectivity index (χ2v) is 7.05. The maximum Gasteiger partial charge on any atom is 0.344 e. The summed E-state index contributed by atoms with van der Waals surface area (Å²) < 4.78 is 5.37. The lowest BCUT2D eigenvalue weighted by Crippen LogP contribution is -2.12. The molecule has 4 nitrogen and oxygen atoms in total. The fourth-order valence-electron chi connectivity index (χ4n) is 2.89. The smallest absolute Gasteiger partial charge is 0.344 e. The fourth-order valence-corrected chi connectivity index (χ4v) is 3.42. The molecule has 0 aliphatic carbocycles. The molecule has 0 aliphatic rings. The number of para-hydroxylation sites is 1. The van der Waals surface area contributed by atoms with E-state index in [1.165, 1.54) is 0 Å². The van der Waals surface area contributed by atoms with Crippen molar-refractivity contribution in [2.45, 2.75) is 0 Å². The third-order valence-corrected chi connectivity index (χ3v) is 4.66. The first kappa shape index (κ1) is 18.3. The number of anilines is 1. The van der Waals surface area contributed by atoms with E-state index in [-0.39, 0.29) is 5.91 Å². The summed E-state index contributed by atoms with van der Waals surface area (Å²) >= 11 is 11.9. The number of carbonyl (C=O) groups is 1. The Morgan fingerprint density at radius 1 is 0.857 bits per heavy atom. The van der Waals surface area contributed by atoms with Crippen molar-refractivity contribution in [3.63, 3.8) is 0 Å². The minimum absolute atomic E-state index is 0.310. The number of fused-ring (bicyclic) bond motifs is 1. The van der Waals surface area contributed by atoms with Crippen molar-refractivity contribution < 1.29 is 9.21 Å². The maximum atomic E-state index is 12.4. The Labute approximate surface area is 170 Å². The summed E-state index contributed by atoms with van der Waals surface area (Å²) in [6.45, 7) is 0. The predicted molar refractivity (Wildman–Crippen MR) is 112 cm³/mol. The van der Waals surface area contributed by atoms with Gasteiger partial charge in [-0.15, -0.1) is 0 Å². The van der Waals surface area contributed by atoms with Gasteiger partial charge in [-0.05, 0) is 48.0 Å². The van der Waals surface area contributed by atoms with Gasteiger partial charge >= 0.3 is 5.63 Å². The largest absolute Gasteiger partial charge is 0.422 e. The molecule has 1 aromatic heterocycles. The molecule has 0 radical (unpaired) electrons. The summed E-state index contributed by atoms with van der Waals surface area (Å²) in [4.78, 5) is 24.7. The molecule has 0 fully saturated rings. The lowest BCUT2D eigenvalue weighted by Gasteiger charge is -2.07. The van der Waals surface area contributed by atoms with Crippen molar-refractivity contribution in [2.75, 3.05) is 5.32 Å². The quantitative estimate of drug-likeness (QED) is 0.420. The van der Waals surface area contributed by atoms with Crippen LogP contribution in [0.15, 0.2) is 82.0 Å². The van der Waals surface area contributed by atoms with E-state index in [4.69, 9.17) is 27.6 Å². The van der Waals surface area contributed by atoms with Crippen LogP contribution in [0.5, 0.6) is 0 Å². The molecule has 0 bridgehead atoms. The number of rotatable bonds is 3. The molecule has 1 amide bonds. The number of nitrogens with one attached hydrogen (secondary N) is 1. The van der Waals surface area contributed by atoms with Crippen molar-refractivity contribution in [1.82, 2.24) is 0 Å². The van der Waals surface area contributed by atoms with Crippen LogP contribution in [-0.2, 0) is 0 Å². The topological polar surface area (TPSA) is 59.3 Å². The molecule has 28 heavy (non-hydrogen) atoms. The van der Waals surface area contributed by atoms with E-state index >= 15 is 0 Å². The molecule has 1 N–H and O–H groups in total. The lowest BCUT2D eigenvalue weighted by atomic mass is 10.0. The molecule has 0 aliphatic heterocycles. The fraction of sp³-hybridized carbons (Fsp3) is 0. The van der Waals surface area contributed by atoms with Gasteiger partial charge in [0, 0.05) is 26.7 Å². The SMILES string of the molecule is O=C(Nc1cc(Cl)cc(Cl)c1)c1ccc(-c2cc3ccccc3oc2=O)cc1. The standard InChI is InChI=1S/C22H13Cl2NO3/c23-16-10-17(24)12-18(11-16)25-21(26)14-7-5-13(6-8-14)19-9-15-3-1-2-4-20(15)28-22(19)27/h1-12H,(H,25,26). The highest BCUT2D eigenvalue weighted by molar-refractivity contribution is 6.35. The Hall–Kier alpha value is -3.08. The lowest BCUT2D eigenvalue weighted by molar-refractivity contribution is 0.102. The van der Waals surface area contributed by atoms with E-state index in [9.17, 15) is 9.59 Å². The van der Waals surface area contributed by atoms with Gasteiger partial charge < -0.3 is 9.73 Å². The molecule has 1 heterocycles. The van der Waals surface area contributed by atoms with Crippen LogP contribution >= 0.6 is 23.2 Å². The van der Waals surface area contributed by atoms with Crippen LogP contribution in [0.2, 0.25) is 10.0 Å². The van der Waals surface area contributed by atoms with E-state index in [2.05, 4.69) is 5.32 Å². The summed E-state index contributed by atoms with van der Waals surface area (Å²) in [6, 6.07) is 20.6. The summed E-state index contributed by atoms with van der Waals surface area (Å²) in [5.41, 5.74) is 2.15.